The third-order valence-electron chi connectivity index (χ3n) is 1.93. The van der Waals surface area contributed by atoms with Gasteiger partial charge in [-0.25, -0.2) is 0 Å². The maximum Gasteiger partial charge on any atom is 0.0205 e. The fraction of sp³-hybridized carbons (Fsp3) is 0.455. The molecule has 1 rings (SSSR count). The number of rotatable bonds is 5. The predicted octanol–water partition coefficient (Wildman–Crippen LogP) is 2.45. The normalized spacial score (nSPS) is 10.3. The number of hydrogen-bond acceptors (Lipinski definition) is 2. The highest BCUT2D eigenvalue weighted by molar-refractivity contribution is 7.98. The molecule has 0 aliphatic heterocycles. The summed E-state index contributed by atoms with van der Waals surface area (Å²) in [5.74, 6) is 1.19. The van der Waals surface area contributed by atoms with Crippen molar-refractivity contribution in [3.05, 3.63) is 35.4 Å². The maximum atomic E-state index is 3.40. The van der Waals surface area contributed by atoms with Gasteiger partial charge in [0.2, 0.25) is 0 Å². The summed E-state index contributed by atoms with van der Waals surface area (Å²) < 4.78 is 0. The van der Waals surface area contributed by atoms with Gasteiger partial charge in [0.1, 0.15) is 0 Å². The molecule has 0 saturated carbocycles. The van der Waals surface area contributed by atoms with Crippen LogP contribution in [0.5, 0.6) is 0 Å². The molecule has 1 nitrogen and oxygen atoms in total. The Hall–Kier alpha value is -0.470. The Bertz CT molecular complexity index is 230. The lowest BCUT2D eigenvalue weighted by molar-refractivity contribution is 0.732. The number of nitrogens with one attached hydrogen (secondary N) is 1. The van der Waals surface area contributed by atoms with Crippen LogP contribution in [0.2, 0.25) is 0 Å². The van der Waals surface area contributed by atoms with E-state index in [0.29, 0.717) is 0 Å². The summed E-state index contributed by atoms with van der Waals surface area (Å²) in [7, 11) is 0. The molecular formula is C11H17NS. The van der Waals surface area contributed by atoms with E-state index in [1.807, 2.05) is 11.8 Å². The third kappa shape index (κ3) is 4.34. The van der Waals surface area contributed by atoms with Crippen LogP contribution in [0.4, 0.5) is 0 Å². The Kier molecular flexibility index (Phi) is 4.94. The van der Waals surface area contributed by atoms with Crippen LogP contribution in [0.1, 0.15) is 11.1 Å². The molecule has 0 spiro atoms. The van der Waals surface area contributed by atoms with E-state index in [4.69, 9.17) is 0 Å². The monoisotopic (exact) mass is 195 g/mol. The molecule has 0 radical (unpaired) electrons. The standard InChI is InChI=1S/C11H17NS/c1-10-3-5-11(6-4-10)9-12-7-8-13-2/h3-6,12H,7-9H2,1-2H3. The molecule has 0 heterocycles. The topological polar surface area (TPSA) is 12.0 Å². The second-order valence-electron chi connectivity index (χ2n) is 3.16. The van der Waals surface area contributed by atoms with Crippen molar-refractivity contribution in [2.45, 2.75) is 13.5 Å². The van der Waals surface area contributed by atoms with Gasteiger partial charge in [0.05, 0.1) is 0 Å². The largest absolute Gasteiger partial charge is 0.312 e. The summed E-state index contributed by atoms with van der Waals surface area (Å²) in [6.07, 6.45) is 2.13. The van der Waals surface area contributed by atoms with E-state index in [2.05, 4.69) is 42.8 Å². The van der Waals surface area contributed by atoms with Crippen LogP contribution in [-0.2, 0) is 6.54 Å². The quantitative estimate of drug-likeness (QED) is 0.724. The van der Waals surface area contributed by atoms with Gasteiger partial charge in [0, 0.05) is 18.8 Å². The summed E-state index contributed by atoms with van der Waals surface area (Å²) in [5, 5.41) is 3.40. The molecule has 0 aromatic heterocycles. The van der Waals surface area contributed by atoms with Gasteiger partial charge in [-0.1, -0.05) is 29.8 Å². The van der Waals surface area contributed by atoms with Gasteiger partial charge in [0.15, 0.2) is 0 Å². The van der Waals surface area contributed by atoms with Gasteiger partial charge in [-0.05, 0) is 18.7 Å². The van der Waals surface area contributed by atoms with Crippen molar-refractivity contribution in [3.8, 4) is 0 Å². The zero-order valence-electron chi connectivity index (χ0n) is 8.34. The predicted molar refractivity (Wildman–Crippen MR) is 61.3 cm³/mol. The van der Waals surface area contributed by atoms with Crippen molar-refractivity contribution < 1.29 is 0 Å². The highest BCUT2D eigenvalue weighted by Gasteiger charge is 1.91. The second kappa shape index (κ2) is 6.06. The lowest BCUT2D eigenvalue weighted by Gasteiger charge is -2.03. The van der Waals surface area contributed by atoms with E-state index in [-0.39, 0.29) is 0 Å². The maximum absolute atomic E-state index is 3.40. The van der Waals surface area contributed by atoms with E-state index < -0.39 is 0 Å². The molecule has 0 saturated heterocycles. The molecule has 0 aliphatic carbocycles. The van der Waals surface area contributed by atoms with Crippen molar-refractivity contribution in [2.24, 2.45) is 0 Å². The molecule has 72 valence electrons. The van der Waals surface area contributed by atoms with E-state index in [1.54, 1.807) is 0 Å². The molecular weight excluding hydrogens is 178 g/mol. The minimum absolute atomic E-state index is 0.987. The summed E-state index contributed by atoms with van der Waals surface area (Å²) in [6.45, 7) is 4.20. The third-order valence-corrected chi connectivity index (χ3v) is 2.55. The first-order valence-corrected chi connectivity index (χ1v) is 5.97. The number of hydrogen-bond donors (Lipinski definition) is 1. The number of thioether (sulfide) groups is 1. The van der Waals surface area contributed by atoms with Gasteiger partial charge in [-0.3, -0.25) is 0 Å². The fourth-order valence-electron chi connectivity index (χ4n) is 1.11. The zero-order chi connectivity index (χ0) is 9.52. The van der Waals surface area contributed by atoms with E-state index in [1.165, 1.54) is 16.9 Å². The minimum Gasteiger partial charge on any atom is -0.312 e. The van der Waals surface area contributed by atoms with Gasteiger partial charge >= 0.3 is 0 Å². The second-order valence-corrected chi connectivity index (χ2v) is 4.14. The van der Waals surface area contributed by atoms with Crippen LogP contribution >= 0.6 is 11.8 Å². The zero-order valence-corrected chi connectivity index (χ0v) is 9.16. The first-order valence-electron chi connectivity index (χ1n) is 4.58. The van der Waals surface area contributed by atoms with Crippen LogP contribution < -0.4 is 5.32 Å². The average molecular weight is 195 g/mol. The Labute approximate surface area is 84.9 Å². The van der Waals surface area contributed by atoms with Crippen molar-refractivity contribution in [1.82, 2.24) is 5.32 Å². The Morgan fingerprint density at radius 1 is 1.23 bits per heavy atom. The van der Waals surface area contributed by atoms with Crippen LogP contribution in [-0.4, -0.2) is 18.6 Å². The highest BCUT2D eigenvalue weighted by Crippen LogP contribution is 2.02. The van der Waals surface area contributed by atoms with E-state index >= 15 is 0 Å². The molecule has 2 heteroatoms. The SMILES string of the molecule is CSCCNCc1ccc(C)cc1. The van der Waals surface area contributed by atoms with Crippen LogP contribution in [0.15, 0.2) is 24.3 Å². The van der Waals surface area contributed by atoms with Crippen molar-refractivity contribution >= 4 is 11.8 Å². The van der Waals surface area contributed by atoms with Crippen LogP contribution in [0.3, 0.4) is 0 Å². The summed E-state index contributed by atoms with van der Waals surface area (Å²) >= 11 is 1.88. The minimum atomic E-state index is 0.987. The van der Waals surface area contributed by atoms with Gasteiger partial charge in [-0.15, -0.1) is 0 Å². The summed E-state index contributed by atoms with van der Waals surface area (Å²) in [5.41, 5.74) is 2.69. The number of benzene rings is 1. The molecule has 1 N–H and O–H groups in total. The van der Waals surface area contributed by atoms with Gasteiger partial charge < -0.3 is 5.32 Å². The first-order chi connectivity index (χ1) is 6.33. The average Bonchev–Trinajstić information content (AvgIpc) is 2.15. The molecule has 1 aromatic carbocycles. The Balaban J connectivity index is 2.25. The fourth-order valence-corrected chi connectivity index (χ4v) is 1.46. The molecule has 0 unspecified atom stereocenters. The molecule has 0 fully saturated rings. The van der Waals surface area contributed by atoms with E-state index in [9.17, 15) is 0 Å². The van der Waals surface area contributed by atoms with Gasteiger partial charge in [0.25, 0.3) is 0 Å². The Morgan fingerprint density at radius 2 is 1.92 bits per heavy atom. The molecule has 13 heavy (non-hydrogen) atoms. The van der Waals surface area contributed by atoms with Crippen LogP contribution in [0.25, 0.3) is 0 Å². The first kappa shape index (κ1) is 10.6. The summed E-state index contributed by atoms with van der Waals surface area (Å²) in [6, 6.07) is 8.68. The summed E-state index contributed by atoms with van der Waals surface area (Å²) in [4.78, 5) is 0. The van der Waals surface area contributed by atoms with Crippen molar-refractivity contribution in [3.63, 3.8) is 0 Å². The van der Waals surface area contributed by atoms with Crippen LogP contribution in [0, 0.1) is 6.92 Å². The lowest BCUT2D eigenvalue weighted by atomic mass is 10.1. The molecule has 0 bridgehead atoms. The molecule has 0 aliphatic rings. The van der Waals surface area contributed by atoms with Gasteiger partial charge in [-0.2, -0.15) is 11.8 Å². The lowest BCUT2D eigenvalue weighted by Crippen LogP contribution is -2.16. The Morgan fingerprint density at radius 3 is 2.54 bits per heavy atom. The smallest absolute Gasteiger partial charge is 0.0205 e. The molecule has 1 aromatic rings. The van der Waals surface area contributed by atoms with E-state index in [0.717, 1.165) is 13.1 Å². The van der Waals surface area contributed by atoms with Crippen molar-refractivity contribution in [1.29, 1.82) is 0 Å². The molecule has 0 atom stereocenters. The molecule has 0 amide bonds. The highest BCUT2D eigenvalue weighted by atomic mass is 32.2. The number of aryl methyl sites for hydroxylation is 1. The van der Waals surface area contributed by atoms with Crippen molar-refractivity contribution in [2.75, 3.05) is 18.6 Å².